The van der Waals surface area contributed by atoms with Crippen molar-refractivity contribution in [2.24, 2.45) is 5.92 Å². The molecule has 110 valence electrons. The minimum atomic E-state index is 0.625. The molecule has 20 heavy (non-hydrogen) atoms. The summed E-state index contributed by atoms with van der Waals surface area (Å²) >= 11 is 3.47. The third-order valence-corrected chi connectivity index (χ3v) is 4.15. The van der Waals surface area contributed by atoms with E-state index < -0.39 is 0 Å². The van der Waals surface area contributed by atoms with Crippen LogP contribution >= 0.6 is 15.9 Å². The first-order valence-electron chi connectivity index (χ1n) is 7.49. The third-order valence-electron chi connectivity index (χ3n) is 3.65. The van der Waals surface area contributed by atoms with Crippen molar-refractivity contribution >= 4 is 32.9 Å². The Labute approximate surface area is 129 Å². The van der Waals surface area contributed by atoms with Crippen LogP contribution in [0.2, 0.25) is 0 Å². The number of fused-ring (bicyclic) bond motifs is 1. The molecular weight excluding hydrogens is 314 g/mol. The summed E-state index contributed by atoms with van der Waals surface area (Å²) < 4.78 is 3.17. The number of halogens is 1. The molecule has 4 heteroatoms. The summed E-state index contributed by atoms with van der Waals surface area (Å²) in [4.78, 5) is 4.42. The number of hydrogen-bond donors (Lipinski definition) is 1. The van der Waals surface area contributed by atoms with E-state index in [2.05, 4.69) is 45.4 Å². The fourth-order valence-electron chi connectivity index (χ4n) is 2.53. The van der Waals surface area contributed by atoms with E-state index in [1.165, 1.54) is 32.1 Å². The van der Waals surface area contributed by atoms with Gasteiger partial charge in [0.25, 0.3) is 0 Å². The van der Waals surface area contributed by atoms with Gasteiger partial charge in [-0.1, -0.05) is 55.5 Å². The average molecular weight is 338 g/mol. The lowest BCUT2D eigenvalue weighted by Crippen LogP contribution is -2.03. The Balaban J connectivity index is 1.88. The smallest absolute Gasteiger partial charge is 0.201 e. The molecule has 1 aromatic heterocycles. The largest absolute Gasteiger partial charge is 0.369 e. The molecule has 0 amide bonds. The molecule has 0 saturated heterocycles. The van der Waals surface area contributed by atoms with E-state index in [9.17, 15) is 0 Å². The quantitative estimate of drug-likeness (QED) is 0.723. The van der Waals surface area contributed by atoms with Crippen molar-refractivity contribution in [2.75, 3.05) is 5.73 Å². The van der Waals surface area contributed by atoms with Crippen LogP contribution in [0.4, 0.5) is 5.95 Å². The van der Waals surface area contributed by atoms with Gasteiger partial charge in [-0.25, -0.2) is 4.98 Å². The van der Waals surface area contributed by atoms with E-state index in [4.69, 9.17) is 5.73 Å². The Morgan fingerprint density at radius 3 is 2.70 bits per heavy atom. The zero-order chi connectivity index (χ0) is 14.5. The van der Waals surface area contributed by atoms with E-state index in [1.807, 2.05) is 12.1 Å². The van der Waals surface area contributed by atoms with Crippen molar-refractivity contribution in [3.63, 3.8) is 0 Å². The van der Waals surface area contributed by atoms with Crippen molar-refractivity contribution in [2.45, 2.75) is 52.5 Å². The number of benzene rings is 1. The van der Waals surface area contributed by atoms with Gasteiger partial charge in [0.1, 0.15) is 0 Å². The van der Waals surface area contributed by atoms with Gasteiger partial charge in [0.05, 0.1) is 11.0 Å². The number of unbranched alkanes of at least 4 members (excludes halogenated alkanes) is 3. The molecule has 0 spiro atoms. The van der Waals surface area contributed by atoms with Crippen LogP contribution in [0.5, 0.6) is 0 Å². The summed E-state index contributed by atoms with van der Waals surface area (Å²) in [6.45, 7) is 5.54. The summed E-state index contributed by atoms with van der Waals surface area (Å²) in [6.07, 6.45) is 6.43. The number of anilines is 1. The first-order chi connectivity index (χ1) is 9.58. The monoisotopic (exact) mass is 337 g/mol. The highest BCUT2D eigenvalue weighted by Crippen LogP contribution is 2.22. The molecule has 0 fully saturated rings. The summed E-state index contributed by atoms with van der Waals surface area (Å²) in [7, 11) is 0. The summed E-state index contributed by atoms with van der Waals surface area (Å²) in [5.41, 5.74) is 8.12. The van der Waals surface area contributed by atoms with Crippen LogP contribution in [0.25, 0.3) is 11.0 Å². The summed E-state index contributed by atoms with van der Waals surface area (Å²) in [5.74, 6) is 1.45. The Kier molecular flexibility index (Phi) is 5.46. The number of aryl methyl sites for hydroxylation is 1. The predicted molar refractivity (Wildman–Crippen MR) is 89.8 cm³/mol. The van der Waals surface area contributed by atoms with Crippen LogP contribution in [0.1, 0.15) is 46.0 Å². The van der Waals surface area contributed by atoms with E-state index in [0.29, 0.717) is 5.95 Å². The molecule has 2 rings (SSSR count). The molecule has 1 aromatic carbocycles. The summed E-state index contributed by atoms with van der Waals surface area (Å²) in [6, 6.07) is 6.15. The number of nitrogen functional groups attached to an aromatic ring is 1. The van der Waals surface area contributed by atoms with Crippen molar-refractivity contribution in [3.8, 4) is 0 Å². The lowest BCUT2D eigenvalue weighted by Gasteiger charge is -2.07. The molecule has 0 bridgehead atoms. The topological polar surface area (TPSA) is 43.8 Å². The number of nitrogens with zero attached hydrogens (tertiary/aromatic N) is 2. The molecule has 2 aromatic rings. The minimum absolute atomic E-state index is 0.625. The second-order valence-corrected chi connectivity index (χ2v) is 6.77. The normalized spacial score (nSPS) is 11.6. The highest BCUT2D eigenvalue weighted by Gasteiger charge is 2.07. The highest BCUT2D eigenvalue weighted by atomic mass is 79.9. The van der Waals surface area contributed by atoms with Gasteiger partial charge in [-0.15, -0.1) is 0 Å². The molecule has 0 aliphatic heterocycles. The molecule has 1 heterocycles. The molecule has 0 atom stereocenters. The molecule has 0 radical (unpaired) electrons. The number of nitrogens with two attached hydrogens (primary N) is 1. The Morgan fingerprint density at radius 2 is 1.95 bits per heavy atom. The lowest BCUT2D eigenvalue weighted by atomic mass is 10.0. The first-order valence-corrected chi connectivity index (χ1v) is 8.28. The third kappa shape index (κ3) is 3.98. The summed E-state index contributed by atoms with van der Waals surface area (Å²) in [5, 5.41) is 0. The molecule has 3 nitrogen and oxygen atoms in total. The van der Waals surface area contributed by atoms with Gasteiger partial charge in [0.2, 0.25) is 5.95 Å². The predicted octanol–water partition coefficient (Wildman–Crippen LogP) is 4.99. The van der Waals surface area contributed by atoms with Crippen LogP contribution in [-0.2, 0) is 6.54 Å². The van der Waals surface area contributed by atoms with Crippen LogP contribution in [0.3, 0.4) is 0 Å². The number of hydrogen-bond acceptors (Lipinski definition) is 2. The number of rotatable bonds is 7. The van der Waals surface area contributed by atoms with Gasteiger partial charge in [-0.3, -0.25) is 0 Å². The van der Waals surface area contributed by atoms with Crippen molar-refractivity contribution in [1.29, 1.82) is 0 Å². The van der Waals surface area contributed by atoms with Crippen LogP contribution in [0.15, 0.2) is 22.7 Å². The molecule has 0 unspecified atom stereocenters. The average Bonchev–Trinajstić information content (AvgIpc) is 2.68. The van der Waals surface area contributed by atoms with E-state index >= 15 is 0 Å². The number of imidazole rings is 1. The van der Waals surface area contributed by atoms with E-state index in [0.717, 1.165) is 28.0 Å². The van der Waals surface area contributed by atoms with E-state index in [1.54, 1.807) is 0 Å². The van der Waals surface area contributed by atoms with Crippen LogP contribution < -0.4 is 5.73 Å². The van der Waals surface area contributed by atoms with Crippen LogP contribution in [0, 0.1) is 5.92 Å². The van der Waals surface area contributed by atoms with Crippen molar-refractivity contribution in [3.05, 3.63) is 22.7 Å². The zero-order valence-corrected chi connectivity index (χ0v) is 14.0. The fourth-order valence-corrected chi connectivity index (χ4v) is 2.88. The van der Waals surface area contributed by atoms with Gasteiger partial charge in [-0.05, 0) is 30.5 Å². The highest BCUT2D eigenvalue weighted by molar-refractivity contribution is 9.10. The van der Waals surface area contributed by atoms with Crippen molar-refractivity contribution in [1.82, 2.24) is 9.55 Å². The zero-order valence-electron chi connectivity index (χ0n) is 12.4. The Hall–Kier alpha value is -1.03. The maximum atomic E-state index is 6.02. The minimum Gasteiger partial charge on any atom is -0.369 e. The lowest BCUT2D eigenvalue weighted by molar-refractivity contribution is 0.508. The first kappa shape index (κ1) is 15.4. The van der Waals surface area contributed by atoms with Crippen molar-refractivity contribution < 1.29 is 0 Å². The Morgan fingerprint density at radius 1 is 1.20 bits per heavy atom. The van der Waals surface area contributed by atoms with Gasteiger partial charge in [0.15, 0.2) is 0 Å². The molecular formula is C16H24BrN3. The second-order valence-electron chi connectivity index (χ2n) is 5.85. The van der Waals surface area contributed by atoms with Gasteiger partial charge < -0.3 is 10.3 Å². The van der Waals surface area contributed by atoms with Gasteiger partial charge >= 0.3 is 0 Å². The SMILES string of the molecule is CC(C)CCCCCCn1c(N)nc2cc(Br)ccc21. The maximum Gasteiger partial charge on any atom is 0.201 e. The van der Waals surface area contributed by atoms with E-state index in [-0.39, 0.29) is 0 Å². The van der Waals surface area contributed by atoms with Crippen LogP contribution in [-0.4, -0.2) is 9.55 Å². The molecule has 0 saturated carbocycles. The second kappa shape index (κ2) is 7.11. The molecule has 0 aliphatic carbocycles. The number of aromatic nitrogens is 2. The standard InChI is InChI=1S/C16H24BrN3/c1-12(2)7-5-3-4-6-10-20-15-9-8-13(17)11-14(15)19-16(20)18/h8-9,11-12H,3-7,10H2,1-2H3,(H2,18,19). The van der Waals surface area contributed by atoms with Gasteiger partial charge in [0, 0.05) is 11.0 Å². The maximum absolute atomic E-state index is 6.02. The molecule has 0 aliphatic rings. The fraction of sp³-hybridized carbons (Fsp3) is 0.562. The molecule has 2 N–H and O–H groups in total. The van der Waals surface area contributed by atoms with Gasteiger partial charge in [-0.2, -0.15) is 0 Å². The Bertz CT molecular complexity index is 560.